The van der Waals surface area contributed by atoms with Crippen molar-refractivity contribution < 1.29 is 9.53 Å². The second kappa shape index (κ2) is 10.3. The molecule has 0 heterocycles. The van der Waals surface area contributed by atoms with E-state index in [1.807, 2.05) is 31.2 Å². The molecule has 1 aromatic carbocycles. The monoisotopic (exact) mass is 278 g/mol. The Hall–Kier alpha value is -1.55. The van der Waals surface area contributed by atoms with Gasteiger partial charge in [-0.15, -0.1) is 0 Å². The maximum atomic E-state index is 11.9. The number of unbranched alkanes of at least 4 members (excludes halogenated alkanes) is 2. The molecule has 1 amide bonds. The van der Waals surface area contributed by atoms with Crippen LogP contribution in [0, 0.1) is 0 Å². The lowest BCUT2D eigenvalue weighted by Gasteiger charge is -2.11. The number of para-hydroxylation sites is 2. The molecule has 2 N–H and O–H groups in total. The van der Waals surface area contributed by atoms with Gasteiger partial charge in [0.25, 0.3) is 0 Å². The van der Waals surface area contributed by atoms with E-state index in [4.69, 9.17) is 4.74 Å². The molecular formula is C16H26N2O2. The Bertz CT molecular complexity index is 394. The Balaban J connectivity index is 2.28. The van der Waals surface area contributed by atoms with Gasteiger partial charge >= 0.3 is 0 Å². The zero-order chi connectivity index (χ0) is 14.6. The van der Waals surface area contributed by atoms with Crippen molar-refractivity contribution in [1.82, 2.24) is 5.32 Å². The smallest absolute Gasteiger partial charge is 0.225 e. The largest absolute Gasteiger partial charge is 0.492 e. The van der Waals surface area contributed by atoms with Gasteiger partial charge in [-0.25, -0.2) is 0 Å². The molecule has 0 spiro atoms. The van der Waals surface area contributed by atoms with Crippen molar-refractivity contribution in [3.63, 3.8) is 0 Å². The fraction of sp³-hybridized carbons (Fsp3) is 0.562. The van der Waals surface area contributed by atoms with E-state index in [1.54, 1.807) is 0 Å². The van der Waals surface area contributed by atoms with Gasteiger partial charge in [-0.3, -0.25) is 4.79 Å². The van der Waals surface area contributed by atoms with Crippen LogP contribution in [0.2, 0.25) is 0 Å². The van der Waals surface area contributed by atoms with E-state index in [0.717, 1.165) is 18.0 Å². The molecule has 0 fully saturated rings. The average molecular weight is 278 g/mol. The standard InChI is InChI=1S/C16H26N2O2/c1-3-5-8-12-17-13-11-16(19)18-14-9-6-7-10-15(14)20-4-2/h6-7,9-10,17H,3-5,8,11-13H2,1-2H3,(H,18,19). The summed E-state index contributed by atoms with van der Waals surface area (Å²) in [7, 11) is 0. The zero-order valence-corrected chi connectivity index (χ0v) is 12.6. The lowest BCUT2D eigenvalue weighted by atomic mass is 10.2. The number of benzene rings is 1. The van der Waals surface area contributed by atoms with Crippen molar-refractivity contribution in [2.75, 3.05) is 25.0 Å². The minimum Gasteiger partial charge on any atom is -0.492 e. The summed E-state index contributed by atoms with van der Waals surface area (Å²) >= 11 is 0. The van der Waals surface area contributed by atoms with Crippen molar-refractivity contribution in [1.29, 1.82) is 0 Å². The highest BCUT2D eigenvalue weighted by Crippen LogP contribution is 2.23. The summed E-state index contributed by atoms with van der Waals surface area (Å²) in [6.07, 6.45) is 4.11. The molecule has 4 heteroatoms. The van der Waals surface area contributed by atoms with E-state index in [1.165, 1.54) is 19.3 Å². The van der Waals surface area contributed by atoms with Gasteiger partial charge in [0.1, 0.15) is 5.75 Å². The van der Waals surface area contributed by atoms with Crippen molar-refractivity contribution in [3.8, 4) is 5.75 Å². The minimum absolute atomic E-state index is 0.0140. The zero-order valence-electron chi connectivity index (χ0n) is 12.6. The number of nitrogens with one attached hydrogen (secondary N) is 2. The van der Waals surface area contributed by atoms with E-state index in [0.29, 0.717) is 19.6 Å². The molecular weight excluding hydrogens is 252 g/mol. The topological polar surface area (TPSA) is 50.4 Å². The maximum Gasteiger partial charge on any atom is 0.225 e. The predicted octanol–water partition coefficient (Wildman–Crippen LogP) is 3.19. The molecule has 0 aromatic heterocycles. The summed E-state index contributed by atoms with van der Waals surface area (Å²) in [4.78, 5) is 11.9. The second-order valence-corrected chi connectivity index (χ2v) is 4.68. The van der Waals surface area contributed by atoms with Gasteiger partial charge in [0.05, 0.1) is 12.3 Å². The number of carbonyl (C=O) groups is 1. The molecule has 20 heavy (non-hydrogen) atoms. The van der Waals surface area contributed by atoms with Crippen LogP contribution in [-0.4, -0.2) is 25.6 Å². The summed E-state index contributed by atoms with van der Waals surface area (Å²) in [5.74, 6) is 0.736. The van der Waals surface area contributed by atoms with Crippen LogP contribution in [0.1, 0.15) is 39.5 Å². The highest BCUT2D eigenvalue weighted by Gasteiger charge is 2.06. The maximum absolute atomic E-state index is 11.9. The Morgan fingerprint density at radius 2 is 1.95 bits per heavy atom. The number of rotatable bonds is 10. The molecule has 112 valence electrons. The highest BCUT2D eigenvalue weighted by atomic mass is 16.5. The van der Waals surface area contributed by atoms with Gasteiger partial charge in [0, 0.05) is 13.0 Å². The van der Waals surface area contributed by atoms with Gasteiger partial charge in [-0.2, -0.15) is 0 Å². The van der Waals surface area contributed by atoms with Gasteiger partial charge in [0.15, 0.2) is 0 Å². The first kappa shape index (κ1) is 16.5. The minimum atomic E-state index is 0.0140. The van der Waals surface area contributed by atoms with E-state index >= 15 is 0 Å². The Morgan fingerprint density at radius 3 is 2.70 bits per heavy atom. The highest BCUT2D eigenvalue weighted by molar-refractivity contribution is 5.92. The van der Waals surface area contributed by atoms with Gasteiger partial charge in [0.2, 0.25) is 5.91 Å². The van der Waals surface area contributed by atoms with Crippen LogP contribution < -0.4 is 15.4 Å². The van der Waals surface area contributed by atoms with Crippen LogP contribution in [0.5, 0.6) is 5.75 Å². The van der Waals surface area contributed by atoms with Crippen LogP contribution in [-0.2, 0) is 4.79 Å². The first-order chi connectivity index (χ1) is 9.77. The average Bonchev–Trinajstić information content (AvgIpc) is 2.45. The molecule has 0 aliphatic rings. The summed E-state index contributed by atoms with van der Waals surface area (Å²) in [6.45, 7) is 6.40. The molecule has 1 rings (SSSR count). The van der Waals surface area contributed by atoms with Crippen molar-refractivity contribution in [3.05, 3.63) is 24.3 Å². The number of amides is 1. The number of hydrogen-bond donors (Lipinski definition) is 2. The van der Waals surface area contributed by atoms with E-state index in [2.05, 4.69) is 17.6 Å². The van der Waals surface area contributed by atoms with Crippen LogP contribution in [0.3, 0.4) is 0 Å². The molecule has 0 aliphatic carbocycles. The molecule has 1 aromatic rings. The molecule has 0 saturated carbocycles. The summed E-state index contributed by atoms with van der Waals surface area (Å²) in [5.41, 5.74) is 0.741. The van der Waals surface area contributed by atoms with Crippen LogP contribution in [0.4, 0.5) is 5.69 Å². The van der Waals surface area contributed by atoms with Crippen molar-refractivity contribution >= 4 is 11.6 Å². The normalized spacial score (nSPS) is 10.3. The Labute approximate surface area is 121 Å². The van der Waals surface area contributed by atoms with Crippen molar-refractivity contribution in [2.24, 2.45) is 0 Å². The molecule has 4 nitrogen and oxygen atoms in total. The third-order valence-electron chi connectivity index (χ3n) is 2.95. The lowest BCUT2D eigenvalue weighted by molar-refractivity contribution is -0.116. The second-order valence-electron chi connectivity index (χ2n) is 4.68. The molecule has 0 atom stereocenters. The SMILES string of the molecule is CCCCCNCCC(=O)Nc1ccccc1OCC. The Morgan fingerprint density at radius 1 is 1.15 bits per heavy atom. The van der Waals surface area contributed by atoms with Crippen LogP contribution in [0.15, 0.2) is 24.3 Å². The van der Waals surface area contributed by atoms with E-state index in [9.17, 15) is 4.79 Å². The van der Waals surface area contributed by atoms with E-state index < -0.39 is 0 Å². The Kier molecular flexibility index (Phi) is 8.47. The summed E-state index contributed by atoms with van der Waals surface area (Å²) < 4.78 is 5.48. The molecule has 0 aliphatic heterocycles. The molecule has 0 saturated heterocycles. The number of hydrogen-bond acceptors (Lipinski definition) is 3. The third kappa shape index (κ3) is 6.57. The van der Waals surface area contributed by atoms with Crippen LogP contribution >= 0.6 is 0 Å². The van der Waals surface area contributed by atoms with Gasteiger partial charge in [-0.1, -0.05) is 31.9 Å². The van der Waals surface area contributed by atoms with Crippen molar-refractivity contribution in [2.45, 2.75) is 39.5 Å². The molecule has 0 radical (unpaired) electrons. The molecule has 0 bridgehead atoms. The first-order valence-corrected chi connectivity index (χ1v) is 7.50. The first-order valence-electron chi connectivity index (χ1n) is 7.50. The number of ether oxygens (including phenoxy) is 1. The summed E-state index contributed by atoms with van der Waals surface area (Å²) in [6, 6.07) is 7.51. The van der Waals surface area contributed by atoms with E-state index in [-0.39, 0.29) is 5.91 Å². The summed E-state index contributed by atoms with van der Waals surface area (Å²) in [5, 5.41) is 6.18. The fourth-order valence-corrected chi connectivity index (χ4v) is 1.89. The predicted molar refractivity (Wildman–Crippen MR) is 83.3 cm³/mol. The number of anilines is 1. The lowest BCUT2D eigenvalue weighted by Crippen LogP contribution is -2.22. The van der Waals surface area contributed by atoms with Gasteiger partial charge < -0.3 is 15.4 Å². The third-order valence-corrected chi connectivity index (χ3v) is 2.95. The quantitative estimate of drug-likeness (QED) is 0.646. The van der Waals surface area contributed by atoms with Gasteiger partial charge in [-0.05, 0) is 32.0 Å². The number of carbonyl (C=O) groups excluding carboxylic acids is 1. The fourth-order valence-electron chi connectivity index (χ4n) is 1.89. The molecule has 0 unspecified atom stereocenters. The van der Waals surface area contributed by atoms with Crippen LogP contribution in [0.25, 0.3) is 0 Å².